The Kier molecular flexibility index (Phi) is 5.71. The molecule has 1 heterocycles. The molecule has 1 saturated heterocycles. The molecule has 1 aliphatic heterocycles. The Bertz CT molecular complexity index is 559. The Balaban J connectivity index is 2.22. The van der Waals surface area contributed by atoms with E-state index < -0.39 is 0 Å². The zero-order chi connectivity index (χ0) is 17.0. The predicted molar refractivity (Wildman–Crippen MR) is 85.8 cm³/mol. The van der Waals surface area contributed by atoms with Crippen LogP contribution in [0.15, 0.2) is 24.3 Å². The second-order valence-electron chi connectivity index (χ2n) is 6.25. The third kappa shape index (κ3) is 4.28. The molecule has 1 atom stereocenters. The molecule has 0 bridgehead atoms. The Morgan fingerprint density at radius 2 is 2.00 bits per heavy atom. The van der Waals surface area contributed by atoms with Crippen LogP contribution in [0.1, 0.15) is 25.8 Å². The van der Waals surface area contributed by atoms with Gasteiger partial charge in [0.25, 0.3) is 0 Å². The fraction of sp³-hybridized carbons (Fsp3) is 0.529. The molecule has 0 aromatic heterocycles. The topological polar surface area (TPSA) is 66.6 Å². The molecular weight excluding hydrogens is 297 g/mol. The van der Waals surface area contributed by atoms with E-state index in [9.17, 15) is 14.0 Å². The van der Waals surface area contributed by atoms with Crippen molar-refractivity contribution in [3.05, 3.63) is 35.6 Å². The van der Waals surface area contributed by atoms with Gasteiger partial charge in [0.2, 0.25) is 11.8 Å². The number of hydrogen-bond acceptors (Lipinski definition) is 3. The van der Waals surface area contributed by atoms with Crippen molar-refractivity contribution < 1.29 is 14.0 Å². The molecule has 2 amide bonds. The third-order valence-corrected chi connectivity index (χ3v) is 4.29. The number of hydrogen-bond donors (Lipinski definition) is 1. The van der Waals surface area contributed by atoms with E-state index in [0.717, 1.165) is 5.56 Å². The van der Waals surface area contributed by atoms with Gasteiger partial charge in [-0.15, -0.1) is 0 Å². The van der Waals surface area contributed by atoms with Gasteiger partial charge >= 0.3 is 0 Å². The summed E-state index contributed by atoms with van der Waals surface area (Å²) in [6.07, 6.45) is 0.288. The number of rotatable bonds is 4. The van der Waals surface area contributed by atoms with Gasteiger partial charge in [0.1, 0.15) is 5.82 Å². The van der Waals surface area contributed by atoms with E-state index in [-0.39, 0.29) is 42.6 Å². The van der Waals surface area contributed by atoms with Gasteiger partial charge in [-0.2, -0.15) is 0 Å². The Morgan fingerprint density at radius 3 is 2.57 bits per heavy atom. The van der Waals surface area contributed by atoms with Crippen LogP contribution in [0.25, 0.3) is 0 Å². The lowest BCUT2D eigenvalue weighted by Gasteiger charge is -2.34. The number of carbonyl (C=O) groups excluding carboxylic acids is 2. The highest BCUT2D eigenvalue weighted by Crippen LogP contribution is 2.21. The second kappa shape index (κ2) is 7.55. The molecule has 1 aliphatic rings. The molecule has 2 rings (SSSR count). The SMILES string of the molecule is CC(C)C1CN(C(=O)CN)CCC(=O)N1Cc1ccc(F)cc1. The van der Waals surface area contributed by atoms with Gasteiger partial charge in [-0.25, -0.2) is 4.39 Å². The Hall–Kier alpha value is -1.95. The van der Waals surface area contributed by atoms with Crippen molar-refractivity contribution >= 4 is 11.8 Å². The summed E-state index contributed by atoms with van der Waals surface area (Å²) in [5, 5.41) is 0. The summed E-state index contributed by atoms with van der Waals surface area (Å²) < 4.78 is 13.1. The fourth-order valence-electron chi connectivity index (χ4n) is 2.89. The van der Waals surface area contributed by atoms with Gasteiger partial charge in [0.05, 0.1) is 12.6 Å². The molecule has 23 heavy (non-hydrogen) atoms. The summed E-state index contributed by atoms with van der Waals surface area (Å²) in [7, 11) is 0. The van der Waals surface area contributed by atoms with Gasteiger partial charge in [-0.3, -0.25) is 9.59 Å². The van der Waals surface area contributed by atoms with Crippen LogP contribution in [0.2, 0.25) is 0 Å². The summed E-state index contributed by atoms with van der Waals surface area (Å²) in [5.74, 6) is -0.214. The van der Waals surface area contributed by atoms with Crippen LogP contribution in [0, 0.1) is 11.7 Å². The first-order valence-corrected chi connectivity index (χ1v) is 7.94. The van der Waals surface area contributed by atoms with Crippen molar-refractivity contribution in [3.8, 4) is 0 Å². The zero-order valence-electron chi connectivity index (χ0n) is 13.7. The highest BCUT2D eigenvalue weighted by Gasteiger charge is 2.32. The van der Waals surface area contributed by atoms with E-state index in [1.807, 2.05) is 18.7 Å². The maximum atomic E-state index is 13.1. The van der Waals surface area contributed by atoms with Crippen molar-refractivity contribution in [2.75, 3.05) is 19.6 Å². The van der Waals surface area contributed by atoms with Gasteiger partial charge in [0, 0.05) is 26.1 Å². The summed E-state index contributed by atoms with van der Waals surface area (Å²) in [5.41, 5.74) is 6.34. The monoisotopic (exact) mass is 321 g/mol. The van der Waals surface area contributed by atoms with E-state index in [1.165, 1.54) is 12.1 Å². The lowest BCUT2D eigenvalue weighted by molar-refractivity contribution is -0.134. The number of nitrogens with two attached hydrogens (primary N) is 1. The van der Waals surface area contributed by atoms with Crippen molar-refractivity contribution in [3.63, 3.8) is 0 Å². The minimum absolute atomic E-state index is 0.0142. The normalized spacial score (nSPS) is 19.2. The van der Waals surface area contributed by atoms with E-state index >= 15 is 0 Å². The van der Waals surface area contributed by atoms with E-state index in [0.29, 0.717) is 19.6 Å². The maximum absolute atomic E-state index is 13.1. The van der Waals surface area contributed by atoms with Crippen LogP contribution in [0.4, 0.5) is 4.39 Å². The number of carbonyl (C=O) groups is 2. The molecule has 2 N–H and O–H groups in total. The fourth-order valence-corrected chi connectivity index (χ4v) is 2.89. The Morgan fingerprint density at radius 1 is 1.35 bits per heavy atom. The third-order valence-electron chi connectivity index (χ3n) is 4.29. The standard InChI is InChI=1S/C17H24FN3O2/c1-12(2)15-11-20(17(23)9-19)8-7-16(22)21(15)10-13-3-5-14(18)6-4-13/h3-6,12,15H,7-11,19H2,1-2H3. The summed E-state index contributed by atoms with van der Waals surface area (Å²) in [6, 6.07) is 6.09. The van der Waals surface area contributed by atoms with Gasteiger partial charge < -0.3 is 15.5 Å². The van der Waals surface area contributed by atoms with Gasteiger partial charge in [-0.1, -0.05) is 26.0 Å². The minimum atomic E-state index is -0.295. The average molecular weight is 321 g/mol. The first kappa shape index (κ1) is 17.4. The Labute approximate surface area is 136 Å². The number of amides is 2. The summed E-state index contributed by atoms with van der Waals surface area (Å²) in [4.78, 5) is 27.9. The van der Waals surface area contributed by atoms with E-state index in [2.05, 4.69) is 0 Å². The summed E-state index contributed by atoms with van der Waals surface area (Å²) in [6.45, 7) is 5.33. The lowest BCUT2D eigenvalue weighted by Crippen LogP contribution is -2.47. The van der Waals surface area contributed by atoms with E-state index in [1.54, 1.807) is 17.0 Å². The highest BCUT2D eigenvalue weighted by atomic mass is 19.1. The van der Waals surface area contributed by atoms with Crippen LogP contribution in [-0.2, 0) is 16.1 Å². The minimum Gasteiger partial charge on any atom is -0.339 e. The predicted octanol–water partition coefficient (Wildman–Crippen LogP) is 1.37. The smallest absolute Gasteiger partial charge is 0.236 e. The quantitative estimate of drug-likeness (QED) is 0.911. The lowest BCUT2D eigenvalue weighted by atomic mass is 10.0. The van der Waals surface area contributed by atoms with Crippen LogP contribution in [0.5, 0.6) is 0 Å². The molecule has 126 valence electrons. The van der Waals surface area contributed by atoms with Crippen LogP contribution < -0.4 is 5.73 Å². The van der Waals surface area contributed by atoms with Crippen molar-refractivity contribution in [2.24, 2.45) is 11.7 Å². The van der Waals surface area contributed by atoms with Gasteiger partial charge in [0.15, 0.2) is 0 Å². The molecular formula is C17H24FN3O2. The van der Waals surface area contributed by atoms with Crippen molar-refractivity contribution in [1.82, 2.24) is 9.80 Å². The molecule has 1 fully saturated rings. The van der Waals surface area contributed by atoms with E-state index in [4.69, 9.17) is 5.73 Å². The molecule has 1 aromatic carbocycles. The molecule has 0 spiro atoms. The first-order valence-electron chi connectivity index (χ1n) is 7.94. The summed E-state index contributed by atoms with van der Waals surface area (Å²) >= 11 is 0. The zero-order valence-corrected chi connectivity index (χ0v) is 13.7. The highest BCUT2D eigenvalue weighted by molar-refractivity contribution is 5.81. The molecule has 1 unspecified atom stereocenters. The van der Waals surface area contributed by atoms with Gasteiger partial charge in [-0.05, 0) is 23.6 Å². The molecule has 6 heteroatoms. The maximum Gasteiger partial charge on any atom is 0.236 e. The van der Waals surface area contributed by atoms with Crippen LogP contribution in [-0.4, -0.2) is 47.3 Å². The average Bonchev–Trinajstić information content (AvgIpc) is 2.69. The molecule has 0 radical (unpaired) electrons. The van der Waals surface area contributed by atoms with Crippen molar-refractivity contribution in [2.45, 2.75) is 32.9 Å². The molecule has 1 aromatic rings. The molecule has 0 saturated carbocycles. The van der Waals surface area contributed by atoms with Crippen LogP contribution >= 0.6 is 0 Å². The van der Waals surface area contributed by atoms with Crippen LogP contribution in [0.3, 0.4) is 0 Å². The second-order valence-corrected chi connectivity index (χ2v) is 6.25. The molecule has 0 aliphatic carbocycles. The largest absolute Gasteiger partial charge is 0.339 e. The first-order chi connectivity index (χ1) is 10.9. The number of halogens is 1. The number of benzene rings is 1. The van der Waals surface area contributed by atoms with Crippen molar-refractivity contribution in [1.29, 1.82) is 0 Å². The molecule has 5 nitrogen and oxygen atoms in total. The number of nitrogens with zero attached hydrogens (tertiary/aromatic N) is 2.